The third-order valence-electron chi connectivity index (χ3n) is 2.20. The lowest BCUT2D eigenvalue weighted by Crippen LogP contribution is -1.81. The maximum Gasteiger partial charge on any atom is 0.0579 e. The topological polar surface area (TPSA) is 12.4 Å². The van der Waals surface area contributed by atoms with Crippen LogP contribution in [-0.2, 0) is 0 Å². The smallest absolute Gasteiger partial charge is 0.0579 e. The normalized spacial score (nSPS) is 15.8. The van der Waals surface area contributed by atoms with E-state index >= 15 is 0 Å². The molecule has 0 aromatic heterocycles. The summed E-state index contributed by atoms with van der Waals surface area (Å²) in [4.78, 5) is 4.26. The van der Waals surface area contributed by atoms with Gasteiger partial charge in [-0.05, 0) is 23.6 Å². The van der Waals surface area contributed by atoms with E-state index in [2.05, 4.69) is 48.3 Å². The predicted octanol–water partition coefficient (Wildman–Crippen LogP) is 3.10. The van der Waals surface area contributed by atoms with Crippen LogP contribution < -0.4 is 0 Å². The molecule has 1 aliphatic rings. The van der Waals surface area contributed by atoms with Gasteiger partial charge in [-0.1, -0.05) is 42.5 Å². The van der Waals surface area contributed by atoms with Crippen LogP contribution in [0.15, 0.2) is 53.0 Å². The van der Waals surface area contributed by atoms with Crippen molar-refractivity contribution in [3.8, 4) is 0 Å². The first-order chi connectivity index (χ1) is 6.86. The van der Waals surface area contributed by atoms with Gasteiger partial charge in [0.05, 0.1) is 6.54 Å². The Bertz CT molecular complexity index is 397. The van der Waals surface area contributed by atoms with E-state index in [0.717, 1.165) is 6.54 Å². The minimum absolute atomic E-state index is 0.776. The molecule has 0 spiro atoms. The maximum absolute atomic E-state index is 4.26. The molecule has 1 heteroatoms. The Morgan fingerprint density at radius 2 is 1.93 bits per heavy atom. The van der Waals surface area contributed by atoms with E-state index in [1.165, 1.54) is 16.7 Å². The maximum atomic E-state index is 4.26. The van der Waals surface area contributed by atoms with Crippen LogP contribution in [0.3, 0.4) is 0 Å². The third-order valence-corrected chi connectivity index (χ3v) is 2.20. The lowest BCUT2D eigenvalue weighted by molar-refractivity contribution is 1.26. The number of hydrogen-bond acceptors (Lipinski definition) is 1. The van der Waals surface area contributed by atoms with Gasteiger partial charge in [-0.15, -0.1) is 0 Å². The Hall–Kier alpha value is -1.63. The van der Waals surface area contributed by atoms with Crippen molar-refractivity contribution in [2.45, 2.75) is 6.92 Å². The molecule has 0 aliphatic carbocycles. The number of hydrogen-bond donors (Lipinski definition) is 0. The third kappa shape index (κ3) is 1.99. The summed E-state index contributed by atoms with van der Waals surface area (Å²) in [5.74, 6) is 0. The molecular weight excluding hydrogens is 170 g/mol. The molecular formula is C13H13N. The standard InChI is InChI=1S/C13H13N/c1-11-9-13(7-8-14-10-11)12-5-3-2-4-6-12/h2-7,9-10H,8H2,1H3. The van der Waals surface area contributed by atoms with Crippen LogP contribution in [0.2, 0.25) is 0 Å². The Balaban J connectivity index is 2.36. The van der Waals surface area contributed by atoms with E-state index in [-0.39, 0.29) is 0 Å². The van der Waals surface area contributed by atoms with Crippen LogP contribution in [-0.4, -0.2) is 12.8 Å². The highest BCUT2D eigenvalue weighted by molar-refractivity contribution is 5.86. The largest absolute Gasteiger partial charge is 0.289 e. The van der Waals surface area contributed by atoms with E-state index < -0.39 is 0 Å². The molecule has 0 saturated carbocycles. The average Bonchev–Trinajstić information content (AvgIpc) is 2.44. The van der Waals surface area contributed by atoms with Crippen LogP contribution in [0.4, 0.5) is 0 Å². The zero-order valence-corrected chi connectivity index (χ0v) is 8.27. The molecule has 1 aromatic carbocycles. The van der Waals surface area contributed by atoms with Crippen molar-refractivity contribution in [2.24, 2.45) is 4.99 Å². The SMILES string of the molecule is CC1=CC(c2ccccc2)=CCN=C1. The predicted molar refractivity (Wildman–Crippen MR) is 61.5 cm³/mol. The molecule has 2 rings (SSSR count). The summed E-state index contributed by atoms with van der Waals surface area (Å²) < 4.78 is 0. The quantitative estimate of drug-likeness (QED) is 0.634. The fraction of sp³-hybridized carbons (Fsp3) is 0.154. The van der Waals surface area contributed by atoms with Crippen molar-refractivity contribution in [3.63, 3.8) is 0 Å². The van der Waals surface area contributed by atoms with E-state index in [1.54, 1.807) is 0 Å². The van der Waals surface area contributed by atoms with Crippen LogP contribution in [0, 0.1) is 0 Å². The van der Waals surface area contributed by atoms with Gasteiger partial charge in [0.25, 0.3) is 0 Å². The van der Waals surface area contributed by atoms with Gasteiger partial charge in [0.15, 0.2) is 0 Å². The molecule has 0 amide bonds. The first-order valence-electron chi connectivity index (χ1n) is 4.80. The molecule has 0 radical (unpaired) electrons. The van der Waals surface area contributed by atoms with Crippen molar-refractivity contribution >= 4 is 11.8 Å². The Labute approximate surface area is 84.5 Å². The van der Waals surface area contributed by atoms with E-state index in [4.69, 9.17) is 0 Å². The van der Waals surface area contributed by atoms with Gasteiger partial charge in [-0.2, -0.15) is 0 Å². The zero-order chi connectivity index (χ0) is 9.80. The number of nitrogens with zero attached hydrogens (tertiary/aromatic N) is 1. The second kappa shape index (κ2) is 4.05. The highest BCUT2D eigenvalue weighted by Gasteiger charge is 1.99. The van der Waals surface area contributed by atoms with E-state index in [1.807, 2.05) is 12.3 Å². The number of rotatable bonds is 1. The monoisotopic (exact) mass is 183 g/mol. The lowest BCUT2D eigenvalue weighted by Gasteiger charge is -2.01. The molecule has 0 bridgehead atoms. The van der Waals surface area contributed by atoms with E-state index in [0.29, 0.717) is 0 Å². The zero-order valence-electron chi connectivity index (χ0n) is 8.27. The van der Waals surface area contributed by atoms with Gasteiger partial charge in [0.1, 0.15) is 0 Å². The highest BCUT2D eigenvalue weighted by Crippen LogP contribution is 2.18. The summed E-state index contributed by atoms with van der Waals surface area (Å²) in [7, 11) is 0. The highest BCUT2D eigenvalue weighted by atomic mass is 14.7. The van der Waals surface area contributed by atoms with Gasteiger partial charge in [-0.3, -0.25) is 4.99 Å². The second-order valence-corrected chi connectivity index (χ2v) is 3.41. The molecule has 1 aliphatic heterocycles. The fourth-order valence-electron chi connectivity index (χ4n) is 1.52. The van der Waals surface area contributed by atoms with Crippen molar-refractivity contribution in [1.29, 1.82) is 0 Å². The van der Waals surface area contributed by atoms with Crippen molar-refractivity contribution in [2.75, 3.05) is 6.54 Å². The summed E-state index contributed by atoms with van der Waals surface area (Å²) in [6, 6.07) is 10.4. The summed E-state index contributed by atoms with van der Waals surface area (Å²) in [5, 5.41) is 0. The van der Waals surface area contributed by atoms with Crippen LogP contribution in [0.1, 0.15) is 12.5 Å². The molecule has 0 N–H and O–H groups in total. The summed E-state index contributed by atoms with van der Waals surface area (Å²) in [6.45, 7) is 2.85. The number of allylic oxidation sites excluding steroid dienone is 3. The van der Waals surface area contributed by atoms with Crippen LogP contribution in [0.5, 0.6) is 0 Å². The summed E-state index contributed by atoms with van der Waals surface area (Å²) >= 11 is 0. The van der Waals surface area contributed by atoms with Gasteiger partial charge in [0, 0.05) is 6.21 Å². The van der Waals surface area contributed by atoms with Crippen molar-refractivity contribution in [1.82, 2.24) is 0 Å². The molecule has 70 valence electrons. The Morgan fingerprint density at radius 1 is 1.14 bits per heavy atom. The molecule has 0 fully saturated rings. The molecule has 1 nitrogen and oxygen atoms in total. The molecule has 1 aromatic rings. The van der Waals surface area contributed by atoms with Gasteiger partial charge < -0.3 is 0 Å². The Kier molecular flexibility index (Phi) is 2.59. The number of benzene rings is 1. The van der Waals surface area contributed by atoms with Gasteiger partial charge >= 0.3 is 0 Å². The first kappa shape index (κ1) is 8.95. The molecule has 0 saturated heterocycles. The number of aliphatic imine (C=N–C) groups is 1. The molecule has 0 unspecified atom stereocenters. The van der Waals surface area contributed by atoms with Crippen molar-refractivity contribution in [3.05, 3.63) is 53.6 Å². The summed E-state index contributed by atoms with van der Waals surface area (Å²) in [5.41, 5.74) is 3.73. The van der Waals surface area contributed by atoms with Gasteiger partial charge in [-0.25, -0.2) is 0 Å². The first-order valence-corrected chi connectivity index (χ1v) is 4.80. The average molecular weight is 183 g/mol. The summed E-state index contributed by atoms with van der Waals surface area (Å²) in [6.07, 6.45) is 6.25. The molecule has 14 heavy (non-hydrogen) atoms. The van der Waals surface area contributed by atoms with Crippen molar-refractivity contribution < 1.29 is 0 Å². The van der Waals surface area contributed by atoms with Crippen LogP contribution in [0.25, 0.3) is 5.57 Å². The lowest BCUT2D eigenvalue weighted by atomic mass is 10.0. The fourth-order valence-corrected chi connectivity index (χ4v) is 1.52. The minimum Gasteiger partial charge on any atom is -0.289 e. The molecule has 1 heterocycles. The van der Waals surface area contributed by atoms with Crippen LogP contribution >= 0.6 is 0 Å². The van der Waals surface area contributed by atoms with Gasteiger partial charge in [0.2, 0.25) is 0 Å². The minimum atomic E-state index is 0.776. The second-order valence-electron chi connectivity index (χ2n) is 3.41. The van der Waals surface area contributed by atoms with E-state index in [9.17, 15) is 0 Å². The Morgan fingerprint density at radius 3 is 2.71 bits per heavy atom. The molecule has 0 atom stereocenters.